The Labute approximate surface area is 142 Å². The molecule has 2 aromatic rings. The second-order valence-electron chi connectivity index (χ2n) is 5.12. The van der Waals surface area contributed by atoms with E-state index in [9.17, 15) is 4.79 Å². The highest BCUT2D eigenvalue weighted by molar-refractivity contribution is 5.79. The van der Waals surface area contributed by atoms with Gasteiger partial charge in [-0.1, -0.05) is 18.2 Å². The zero-order valence-corrected chi connectivity index (χ0v) is 14.0. The zero-order chi connectivity index (χ0) is 17.2. The fourth-order valence-electron chi connectivity index (χ4n) is 2.13. The quantitative estimate of drug-likeness (QED) is 0.494. The number of aldehydes is 1. The van der Waals surface area contributed by atoms with Gasteiger partial charge in [0.2, 0.25) is 0 Å². The largest absolute Gasteiger partial charge is 0.493 e. The van der Waals surface area contributed by atoms with Crippen molar-refractivity contribution in [3.05, 3.63) is 53.6 Å². The number of carbonyl (C=O) groups excluding carboxylic acids is 1. The lowest BCUT2D eigenvalue weighted by molar-refractivity contribution is 0.0754. The summed E-state index contributed by atoms with van der Waals surface area (Å²) in [4.78, 5) is 10.9. The van der Waals surface area contributed by atoms with Crippen LogP contribution in [0.1, 0.15) is 15.9 Å². The lowest BCUT2D eigenvalue weighted by atomic mass is 10.2. The van der Waals surface area contributed by atoms with Gasteiger partial charge in [-0.05, 0) is 36.8 Å². The van der Waals surface area contributed by atoms with Crippen LogP contribution in [0.5, 0.6) is 17.2 Å². The first-order chi connectivity index (χ1) is 11.7. The fraction of sp³-hybridized carbons (Fsp3) is 0.316. The first-order valence-electron chi connectivity index (χ1n) is 7.77. The molecule has 0 saturated heterocycles. The molecule has 0 saturated carbocycles. The molecule has 2 rings (SSSR count). The number of rotatable bonds is 10. The summed E-state index contributed by atoms with van der Waals surface area (Å²) in [6, 6.07) is 12.9. The Hall–Kier alpha value is -2.53. The van der Waals surface area contributed by atoms with E-state index in [0.29, 0.717) is 49.2 Å². The number of para-hydroxylation sites is 1. The normalized spacial score (nSPS) is 10.2. The molecule has 2 aromatic carbocycles. The predicted molar refractivity (Wildman–Crippen MR) is 91.4 cm³/mol. The van der Waals surface area contributed by atoms with E-state index in [1.54, 1.807) is 25.3 Å². The molecule has 0 N–H and O–H groups in total. The van der Waals surface area contributed by atoms with Gasteiger partial charge in [-0.2, -0.15) is 0 Å². The highest BCUT2D eigenvalue weighted by atomic mass is 16.6. The Bertz CT molecular complexity index is 654. The van der Waals surface area contributed by atoms with Crippen LogP contribution >= 0.6 is 0 Å². The summed E-state index contributed by atoms with van der Waals surface area (Å²) in [5, 5.41) is 0. The maximum absolute atomic E-state index is 10.9. The van der Waals surface area contributed by atoms with E-state index >= 15 is 0 Å². The number of hydrogen-bond acceptors (Lipinski definition) is 5. The summed E-state index contributed by atoms with van der Waals surface area (Å²) in [6.07, 6.45) is 0.777. The SMILES string of the molecule is COc1cc(C)ccc1OCCOCCOc1ccccc1C=O. The molecule has 0 fully saturated rings. The molecule has 0 amide bonds. The molecule has 0 radical (unpaired) electrons. The van der Waals surface area contributed by atoms with Crippen molar-refractivity contribution in [3.8, 4) is 17.2 Å². The van der Waals surface area contributed by atoms with Gasteiger partial charge in [0.05, 0.1) is 25.9 Å². The first-order valence-corrected chi connectivity index (χ1v) is 7.77. The summed E-state index contributed by atoms with van der Waals surface area (Å²) in [7, 11) is 1.62. The zero-order valence-electron chi connectivity index (χ0n) is 14.0. The van der Waals surface area contributed by atoms with Crippen molar-refractivity contribution in [2.75, 3.05) is 33.5 Å². The van der Waals surface area contributed by atoms with E-state index in [1.807, 2.05) is 31.2 Å². The van der Waals surface area contributed by atoms with E-state index in [0.717, 1.165) is 11.8 Å². The smallest absolute Gasteiger partial charge is 0.161 e. The molecule has 0 aliphatic carbocycles. The maximum atomic E-state index is 10.9. The van der Waals surface area contributed by atoms with Gasteiger partial charge in [-0.15, -0.1) is 0 Å². The molecule has 24 heavy (non-hydrogen) atoms. The fourth-order valence-corrected chi connectivity index (χ4v) is 2.13. The summed E-state index contributed by atoms with van der Waals surface area (Å²) >= 11 is 0. The van der Waals surface area contributed by atoms with Crippen LogP contribution in [0.4, 0.5) is 0 Å². The summed E-state index contributed by atoms with van der Waals surface area (Å²) < 4.78 is 21.9. The van der Waals surface area contributed by atoms with E-state index in [2.05, 4.69) is 0 Å². The summed E-state index contributed by atoms with van der Waals surface area (Å²) in [5.41, 5.74) is 1.65. The van der Waals surface area contributed by atoms with Crippen molar-refractivity contribution in [3.63, 3.8) is 0 Å². The van der Waals surface area contributed by atoms with Crippen molar-refractivity contribution in [2.24, 2.45) is 0 Å². The molecule has 0 spiro atoms. The van der Waals surface area contributed by atoms with Gasteiger partial charge in [-0.25, -0.2) is 0 Å². The third kappa shape index (κ3) is 5.28. The van der Waals surface area contributed by atoms with Crippen LogP contribution in [-0.2, 0) is 4.74 Å². The molecule has 0 unspecified atom stereocenters. The van der Waals surface area contributed by atoms with Gasteiger partial charge in [0.1, 0.15) is 19.0 Å². The summed E-state index contributed by atoms with van der Waals surface area (Å²) in [6.45, 7) is 3.65. The standard InChI is InChI=1S/C19H22O5/c1-15-7-8-18(19(13-15)21-2)24-12-10-22-9-11-23-17-6-4-3-5-16(17)14-20/h3-8,13-14H,9-12H2,1-2H3. The van der Waals surface area contributed by atoms with Gasteiger partial charge in [-0.3, -0.25) is 4.79 Å². The molecule has 0 aliphatic rings. The predicted octanol–water partition coefficient (Wildman–Crippen LogP) is 3.29. The van der Waals surface area contributed by atoms with Crippen molar-refractivity contribution in [2.45, 2.75) is 6.92 Å². The third-order valence-corrected chi connectivity index (χ3v) is 3.34. The highest BCUT2D eigenvalue weighted by Crippen LogP contribution is 2.27. The first kappa shape index (κ1) is 17.8. The van der Waals surface area contributed by atoms with Crippen LogP contribution in [0.15, 0.2) is 42.5 Å². The van der Waals surface area contributed by atoms with Crippen molar-refractivity contribution in [1.29, 1.82) is 0 Å². The average Bonchev–Trinajstić information content (AvgIpc) is 2.62. The molecule has 0 aliphatic heterocycles. The Kier molecular flexibility index (Phi) is 7.11. The minimum absolute atomic E-state index is 0.374. The van der Waals surface area contributed by atoms with Gasteiger partial charge in [0.15, 0.2) is 17.8 Å². The molecular formula is C19H22O5. The number of carbonyl (C=O) groups is 1. The second kappa shape index (κ2) is 9.57. The van der Waals surface area contributed by atoms with Gasteiger partial charge in [0, 0.05) is 0 Å². The lowest BCUT2D eigenvalue weighted by Crippen LogP contribution is -2.12. The van der Waals surface area contributed by atoms with E-state index in [-0.39, 0.29) is 0 Å². The number of benzene rings is 2. The van der Waals surface area contributed by atoms with E-state index in [1.165, 1.54) is 0 Å². The minimum Gasteiger partial charge on any atom is -0.493 e. The van der Waals surface area contributed by atoms with Gasteiger partial charge >= 0.3 is 0 Å². The Morgan fingerprint density at radius 2 is 1.58 bits per heavy atom. The van der Waals surface area contributed by atoms with Crippen LogP contribution in [0, 0.1) is 6.92 Å². The topological polar surface area (TPSA) is 54.0 Å². The second-order valence-corrected chi connectivity index (χ2v) is 5.12. The highest BCUT2D eigenvalue weighted by Gasteiger charge is 2.04. The average molecular weight is 330 g/mol. The number of hydrogen-bond donors (Lipinski definition) is 0. The van der Waals surface area contributed by atoms with Crippen LogP contribution in [0.2, 0.25) is 0 Å². The Balaban J connectivity index is 1.64. The van der Waals surface area contributed by atoms with Crippen molar-refractivity contribution >= 4 is 6.29 Å². The van der Waals surface area contributed by atoms with Crippen molar-refractivity contribution in [1.82, 2.24) is 0 Å². The van der Waals surface area contributed by atoms with Crippen molar-refractivity contribution < 1.29 is 23.7 Å². The molecule has 0 bridgehead atoms. The molecular weight excluding hydrogens is 308 g/mol. The number of aryl methyl sites for hydroxylation is 1. The maximum Gasteiger partial charge on any atom is 0.161 e. The van der Waals surface area contributed by atoms with E-state index < -0.39 is 0 Å². The third-order valence-electron chi connectivity index (χ3n) is 3.34. The number of methoxy groups -OCH3 is 1. The van der Waals surface area contributed by atoms with Gasteiger partial charge < -0.3 is 18.9 Å². The Morgan fingerprint density at radius 1 is 0.875 bits per heavy atom. The minimum atomic E-state index is 0.374. The monoisotopic (exact) mass is 330 g/mol. The van der Waals surface area contributed by atoms with Crippen LogP contribution in [-0.4, -0.2) is 39.8 Å². The van der Waals surface area contributed by atoms with Crippen LogP contribution < -0.4 is 14.2 Å². The molecule has 5 heteroatoms. The van der Waals surface area contributed by atoms with Crippen LogP contribution in [0.3, 0.4) is 0 Å². The van der Waals surface area contributed by atoms with Crippen LogP contribution in [0.25, 0.3) is 0 Å². The summed E-state index contributed by atoms with van der Waals surface area (Å²) in [5.74, 6) is 1.98. The molecule has 0 heterocycles. The molecule has 5 nitrogen and oxygen atoms in total. The van der Waals surface area contributed by atoms with Gasteiger partial charge in [0.25, 0.3) is 0 Å². The number of ether oxygens (including phenoxy) is 4. The molecule has 128 valence electrons. The lowest BCUT2D eigenvalue weighted by Gasteiger charge is -2.12. The molecule has 0 atom stereocenters. The van der Waals surface area contributed by atoms with E-state index in [4.69, 9.17) is 18.9 Å². The Morgan fingerprint density at radius 3 is 2.29 bits per heavy atom. The molecule has 0 aromatic heterocycles.